The minimum Gasteiger partial charge on any atom is -0.0620 e. The molecule has 0 N–H and O–H groups in total. The summed E-state index contributed by atoms with van der Waals surface area (Å²) < 4.78 is 1.18. The number of aryl methyl sites for hydroxylation is 2. The molecule has 0 nitrogen and oxygen atoms in total. The lowest BCUT2D eigenvalue weighted by Gasteiger charge is -2.19. The fraction of sp³-hybridized carbons (Fsp3) is 0.143. The van der Waals surface area contributed by atoms with Crippen molar-refractivity contribution in [1.82, 2.24) is 0 Å². The summed E-state index contributed by atoms with van der Waals surface area (Å²) >= 11 is 3.53. The minimum absolute atomic E-state index is 1.16. The van der Waals surface area contributed by atoms with Crippen LogP contribution in [0.5, 0.6) is 0 Å². The van der Waals surface area contributed by atoms with Crippen molar-refractivity contribution in [2.45, 2.75) is 12.8 Å². The van der Waals surface area contributed by atoms with E-state index in [2.05, 4.69) is 58.4 Å². The van der Waals surface area contributed by atoms with Gasteiger partial charge in [0.05, 0.1) is 0 Å². The van der Waals surface area contributed by atoms with Gasteiger partial charge >= 0.3 is 0 Å². The number of hydrogen-bond donors (Lipinski definition) is 0. The number of benzene rings is 2. The summed E-state index contributed by atoms with van der Waals surface area (Å²) in [5.41, 5.74) is 5.75. The van der Waals surface area contributed by atoms with E-state index in [0.717, 1.165) is 6.42 Å². The number of hydrogen-bond acceptors (Lipinski definition) is 0. The van der Waals surface area contributed by atoms with Crippen LogP contribution in [0, 0.1) is 0 Å². The molecule has 0 heterocycles. The van der Waals surface area contributed by atoms with E-state index in [1.165, 1.54) is 33.1 Å². The summed E-state index contributed by atoms with van der Waals surface area (Å²) in [6.45, 7) is 0. The molecule has 0 atom stereocenters. The predicted molar refractivity (Wildman–Crippen MR) is 67.0 cm³/mol. The van der Waals surface area contributed by atoms with E-state index in [4.69, 9.17) is 0 Å². The van der Waals surface area contributed by atoms with Gasteiger partial charge < -0.3 is 0 Å². The molecule has 74 valence electrons. The molecule has 15 heavy (non-hydrogen) atoms. The van der Waals surface area contributed by atoms with Crippen molar-refractivity contribution in [3.63, 3.8) is 0 Å². The first kappa shape index (κ1) is 9.17. The van der Waals surface area contributed by atoms with E-state index in [0.29, 0.717) is 0 Å². The molecule has 0 spiro atoms. The van der Waals surface area contributed by atoms with Gasteiger partial charge in [-0.05, 0) is 47.2 Å². The second-order valence-electron chi connectivity index (χ2n) is 3.96. The monoisotopic (exact) mass is 258 g/mol. The maximum absolute atomic E-state index is 3.53. The lowest BCUT2D eigenvalue weighted by molar-refractivity contribution is 0.941. The van der Waals surface area contributed by atoms with Crippen LogP contribution in [0.1, 0.15) is 11.1 Å². The standard InChI is InChI=1S/C14H11Br/c15-12-7-8-14-11(9-12)6-5-10-3-1-2-4-13(10)14/h1-4,7-9H,5-6H2. The van der Waals surface area contributed by atoms with Crippen LogP contribution in [0.3, 0.4) is 0 Å². The Hall–Kier alpha value is -1.08. The first-order valence-corrected chi connectivity index (χ1v) is 6.00. The van der Waals surface area contributed by atoms with Gasteiger partial charge in [-0.25, -0.2) is 0 Å². The molecule has 0 fully saturated rings. The number of halogens is 1. The molecular formula is C14H11Br. The van der Waals surface area contributed by atoms with Crippen LogP contribution in [0.15, 0.2) is 46.9 Å². The largest absolute Gasteiger partial charge is 0.0620 e. The van der Waals surface area contributed by atoms with Gasteiger partial charge in [-0.3, -0.25) is 0 Å². The van der Waals surface area contributed by atoms with Gasteiger partial charge in [0.15, 0.2) is 0 Å². The normalized spacial score (nSPS) is 13.1. The summed E-state index contributed by atoms with van der Waals surface area (Å²) in [7, 11) is 0. The molecule has 0 unspecified atom stereocenters. The Labute approximate surface area is 98.1 Å². The third kappa shape index (κ3) is 1.51. The fourth-order valence-corrected chi connectivity index (χ4v) is 2.71. The van der Waals surface area contributed by atoms with Crippen molar-refractivity contribution in [1.29, 1.82) is 0 Å². The van der Waals surface area contributed by atoms with Crippen molar-refractivity contribution in [2.75, 3.05) is 0 Å². The van der Waals surface area contributed by atoms with E-state index >= 15 is 0 Å². The van der Waals surface area contributed by atoms with E-state index in [1.54, 1.807) is 0 Å². The molecule has 2 aromatic rings. The van der Waals surface area contributed by atoms with Gasteiger partial charge in [0.1, 0.15) is 0 Å². The van der Waals surface area contributed by atoms with Crippen molar-refractivity contribution in [3.05, 3.63) is 58.1 Å². The van der Waals surface area contributed by atoms with E-state index in [9.17, 15) is 0 Å². The van der Waals surface area contributed by atoms with Crippen LogP contribution >= 0.6 is 15.9 Å². The van der Waals surface area contributed by atoms with Crippen LogP contribution in [-0.2, 0) is 12.8 Å². The predicted octanol–water partition coefficient (Wildman–Crippen LogP) is 4.21. The first-order valence-electron chi connectivity index (χ1n) is 5.21. The SMILES string of the molecule is Brc1ccc2c(c1)CCc1ccccc1-2. The third-order valence-electron chi connectivity index (χ3n) is 3.04. The van der Waals surface area contributed by atoms with Gasteiger partial charge in [0.2, 0.25) is 0 Å². The highest BCUT2D eigenvalue weighted by atomic mass is 79.9. The molecule has 0 saturated carbocycles. The second-order valence-corrected chi connectivity index (χ2v) is 4.87. The van der Waals surface area contributed by atoms with Crippen LogP contribution in [0.2, 0.25) is 0 Å². The zero-order valence-electron chi connectivity index (χ0n) is 8.33. The van der Waals surface area contributed by atoms with Gasteiger partial charge in [-0.2, -0.15) is 0 Å². The molecule has 0 radical (unpaired) electrons. The Kier molecular flexibility index (Phi) is 2.14. The van der Waals surface area contributed by atoms with E-state index < -0.39 is 0 Å². The smallest absolute Gasteiger partial charge is 0.0178 e. The number of fused-ring (bicyclic) bond motifs is 3. The summed E-state index contributed by atoms with van der Waals surface area (Å²) in [5.74, 6) is 0. The lowest BCUT2D eigenvalue weighted by atomic mass is 9.86. The Morgan fingerprint density at radius 3 is 2.47 bits per heavy atom. The summed E-state index contributed by atoms with van der Waals surface area (Å²) in [6, 6.07) is 15.3. The van der Waals surface area contributed by atoms with Crippen molar-refractivity contribution in [2.24, 2.45) is 0 Å². The van der Waals surface area contributed by atoms with Crippen LogP contribution in [-0.4, -0.2) is 0 Å². The second kappa shape index (κ2) is 3.49. The summed E-state index contributed by atoms with van der Waals surface area (Å²) in [4.78, 5) is 0. The highest BCUT2D eigenvalue weighted by Gasteiger charge is 2.14. The average Bonchev–Trinajstić information content (AvgIpc) is 2.28. The molecule has 0 amide bonds. The minimum atomic E-state index is 1.16. The Morgan fingerprint density at radius 1 is 0.800 bits per heavy atom. The third-order valence-corrected chi connectivity index (χ3v) is 3.53. The number of rotatable bonds is 0. The van der Waals surface area contributed by atoms with Gasteiger partial charge in [0, 0.05) is 4.47 Å². The van der Waals surface area contributed by atoms with Gasteiger partial charge in [-0.1, -0.05) is 46.3 Å². The molecule has 1 aliphatic rings. The molecular weight excluding hydrogens is 248 g/mol. The van der Waals surface area contributed by atoms with Crippen LogP contribution in [0.4, 0.5) is 0 Å². The van der Waals surface area contributed by atoms with Crippen molar-refractivity contribution in [3.8, 4) is 11.1 Å². The summed E-state index contributed by atoms with van der Waals surface area (Å²) in [6.07, 6.45) is 2.32. The van der Waals surface area contributed by atoms with E-state index in [-0.39, 0.29) is 0 Å². The molecule has 0 aliphatic heterocycles. The Morgan fingerprint density at radius 2 is 1.53 bits per heavy atom. The molecule has 0 aromatic heterocycles. The highest BCUT2D eigenvalue weighted by molar-refractivity contribution is 9.10. The topological polar surface area (TPSA) is 0 Å². The molecule has 0 bridgehead atoms. The first-order chi connectivity index (χ1) is 7.34. The summed E-state index contributed by atoms with van der Waals surface area (Å²) in [5, 5.41) is 0. The van der Waals surface area contributed by atoms with Gasteiger partial charge in [-0.15, -0.1) is 0 Å². The maximum Gasteiger partial charge on any atom is 0.0178 e. The quantitative estimate of drug-likeness (QED) is 0.664. The zero-order valence-corrected chi connectivity index (χ0v) is 9.92. The van der Waals surface area contributed by atoms with Crippen molar-refractivity contribution < 1.29 is 0 Å². The van der Waals surface area contributed by atoms with E-state index in [1.807, 2.05) is 0 Å². The molecule has 1 heteroatoms. The Bertz CT molecular complexity index is 514. The molecule has 2 aromatic carbocycles. The Balaban J connectivity index is 2.26. The fourth-order valence-electron chi connectivity index (χ4n) is 2.30. The van der Waals surface area contributed by atoms with Crippen LogP contribution < -0.4 is 0 Å². The van der Waals surface area contributed by atoms with Crippen LogP contribution in [0.25, 0.3) is 11.1 Å². The molecule has 0 saturated heterocycles. The molecule has 1 aliphatic carbocycles. The average molecular weight is 259 g/mol. The highest BCUT2D eigenvalue weighted by Crippen LogP contribution is 2.34. The van der Waals surface area contributed by atoms with Gasteiger partial charge in [0.25, 0.3) is 0 Å². The zero-order chi connectivity index (χ0) is 10.3. The molecule has 3 rings (SSSR count). The lowest BCUT2D eigenvalue weighted by Crippen LogP contribution is -2.03. The maximum atomic E-state index is 3.53. The van der Waals surface area contributed by atoms with Crippen molar-refractivity contribution >= 4 is 15.9 Å².